The van der Waals surface area contributed by atoms with Crippen molar-refractivity contribution in [2.75, 3.05) is 26.0 Å². The van der Waals surface area contributed by atoms with Crippen LogP contribution in [0, 0.1) is 0 Å². The molecule has 0 N–H and O–H groups in total. The van der Waals surface area contributed by atoms with E-state index in [1.165, 1.54) is 5.52 Å². The van der Waals surface area contributed by atoms with Gasteiger partial charge in [-0.3, -0.25) is 0 Å². The van der Waals surface area contributed by atoms with Crippen molar-refractivity contribution in [3.05, 3.63) is 30.1 Å². The van der Waals surface area contributed by atoms with E-state index >= 15 is 0 Å². The zero-order valence-electron chi connectivity index (χ0n) is 11.1. The van der Waals surface area contributed by atoms with Gasteiger partial charge >= 0.3 is 0 Å². The summed E-state index contributed by atoms with van der Waals surface area (Å²) in [6.07, 6.45) is 0.825. The molecule has 18 heavy (non-hydrogen) atoms. The molecule has 2 rings (SSSR count). The van der Waals surface area contributed by atoms with E-state index in [4.69, 9.17) is 11.6 Å². The van der Waals surface area contributed by atoms with E-state index in [0.717, 1.165) is 37.4 Å². The average molecular weight is 266 g/mol. The first-order valence-corrected chi connectivity index (χ1v) is 6.98. The summed E-state index contributed by atoms with van der Waals surface area (Å²) >= 11 is 5.86. The van der Waals surface area contributed by atoms with Gasteiger partial charge in [0.15, 0.2) is 0 Å². The Labute approximate surface area is 113 Å². The average Bonchev–Trinajstić information content (AvgIpc) is 2.74. The molecule has 4 heteroatoms. The van der Waals surface area contributed by atoms with Gasteiger partial charge in [-0.2, -0.15) is 0 Å². The second kappa shape index (κ2) is 6.21. The van der Waals surface area contributed by atoms with Gasteiger partial charge in [0.25, 0.3) is 0 Å². The molecule has 0 saturated carbocycles. The number of halogens is 1. The fourth-order valence-electron chi connectivity index (χ4n) is 2.08. The van der Waals surface area contributed by atoms with Gasteiger partial charge in [-0.05, 0) is 25.7 Å². The Morgan fingerprint density at radius 2 is 2.11 bits per heavy atom. The lowest BCUT2D eigenvalue weighted by Gasteiger charge is -2.15. The molecule has 0 atom stereocenters. The highest BCUT2D eigenvalue weighted by Crippen LogP contribution is 2.16. The second-order valence-corrected chi connectivity index (χ2v) is 4.88. The number of imidazole rings is 1. The number of likely N-dealkylation sites (N-methyl/N-ethyl adjacent to an activating group) is 1. The van der Waals surface area contributed by atoms with Crippen LogP contribution in [-0.4, -0.2) is 40.5 Å². The largest absolute Gasteiger partial charge is 0.327 e. The lowest BCUT2D eigenvalue weighted by molar-refractivity contribution is 0.335. The molecule has 2 aromatic rings. The van der Waals surface area contributed by atoms with Crippen molar-refractivity contribution in [1.82, 2.24) is 14.5 Å². The number of para-hydroxylation sites is 2. The van der Waals surface area contributed by atoms with Crippen molar-refractivity contribution in [3.63, 3.8) is 0 Å². The summed E-state index contributed by atoms with van der Waals surface area (Å²) in [6, 6.07) is 8.29. The van der Waals surface area contributed by atoms with Crippen molar-refractivity contribution in [1.29, 1.82) is 0 Å². The first-order valence-electron chi connectivity index (χ1n) is 6.45. The summed E-state index contributed by atoms with van der Waals surface area (Å²) in [5, 5.41) is 0. The molecule has 0 amide bonds. The maximum atomic E-state index is 5.86. The Morgan fingerprint density at radius 1 is 1.33 bits per heavy atom. The maximum absolute atomic E-state index is 5.86. The molecule has 0 aliphatic rings. The zero-order valence-corrected chi connectivity index (χ0v) is 11.8. The summed E-state index contributed by atoms with van der Waals surface area (Å²) in [5.74, 6) is 1.71. The molecular weight excluding hydrogens is 246 g/mol. The monoisotopic (exact) mass is 265 g/mol. The van der Waals surface area contributed by atoms with Gasteiger partial charge in [0.2, 0.25) is 0 Å². The summed E-state index contributed by atoms with van der Waals surface area (Å²) < 4.78 is 2.30. The Balaban J connectivity index is 2.29. The zero-order chi connectivity index (χ0) is 13.0. The molecule has 0 fully saturated rings. The molecule has 3 nitrogen and oxygen atoms in total. The summed E-state index contributed by atoms with van der Waals surface area (Å²) in [6.45, 7) is 5.24. The van der Waals surface area contributed by atoms with E-state index in [2.05, 4.69) is 46.6 Å². The number of hydrogen-bond acceptors (Lipinski definition) is 2. The molecule has 0 aliphatic heterocycles. The predicted octanol–water partition coefficient (Wildman–Crippen LogP) is 2.77. The highest BCUT2D eigenvalue weighted by molar-refractivity contribution is 6.17. The van der Waals surface area contributed by atoms with Gasteiger partial charge in [0.1, 0.15) is 5.82 Å². The van der Waals surface area contributed by atoms with Crippen molar-refractivity contribution >= 4 is 22.6 Å². The predicted molar refractivity (Wildman–Crippen MR) is 77.3 cm³/mol. The molecule has 0 saturated heterocycles. The quantitative estimate of drug-likeness (QED) is 0.749. The molecule has 0 radical (unpaired) electrons. The second-order valence-electron chi connectivity index (χ2n) is 4.50. The van der Waals surface area contributed by atoms with Crippen molar-refractivity contribution in [2.24, 2.45) is 0 Å². The van der Waals surface area contributed by atoms with Gasteiger partial charge in [-0.25, -0.2) is 4.98 Å². The highest BCUT2D eigenvalue weighted by atomic mass is 35.5. The van der Waals surface area contributed by atoms with Gasteiger partial charge in [-0.15, -0.1) is 11.6 Å². The van der Waals surface area contributed by atoms with E-state index in [1.54, 1.807) is 0 Å². The Bertz CT molecular complexity index is 507. The number of aryl methyl sites for hydroxylation is 1. The fourth-order valence-corrected chi connectivity index (χ4v) is 2.25. The topological polar surface area (TPSA) is 21.1 Å². The Hall–Kier alpha value is -1.06. The Kier molecular flexibility index (Phi) is 4.61. The van der Waals surface area contributed by atoms with Crippen LogP contribution in [0.25, 0.3) is 11.0 Å². The minimum atomic E-state index is 0.618. The number of aromatic nitrogens is 2. The molecule has 0 aliphatic carbocycles. The van der Waals surface area contributed by atoms with Crippen LogP contribution in [0.3, 0.4) is 0 Å². The van der Waals surface area contributed by atoms with Crippen LogP contribution in [0.2, 0.25) is 0 Å². The van der Waals surface area contributed by atoms with Crippen LogP contribution in [-0.2, 0) is 13.0 Å². The van der Waals surface area contributed by atoms with E-state index in [-0.39, 0.29) is 0 Å². The van der Waals surface area contributed by atoms with Crippen LogP contribution in [0.4, 0.5) is 0 Å². The van der Waals surface area contributed by atoms with Gasteiger partial charge < -0.3 is 9.47 Å². The number of benzene rings is 1. The smallest absolute Gasteiger partial charge is 0.111 e. The normalized spacial score (nSPS) is 11.6. The summed E-state index contributed by atoms with van der Waals surface area (Å²) in [7, 11) is 2.14. The summed E-state index contributed by atoms with van der Waals surface area (Å²) in [4.78, 5) is 6.97. The van der Waals surface area contributed by atoms with E-state index in [0.29, 0.717) is 5.88 Å². The molecule has 0 spiro atoms. The number of hydrogen-bond donors (Lipinski definition) is 0. The number of rotatable bonds is 6. The standard InChI is InChI=1S/C14H20ClN3/c1-3-17(2)10-11-18-13-7-5-4-6-12(13)16-14(18)8-9-15/h4-7H,3,8-11H2,1-2H3. The van der Waals surface area contributed by atoms with Gasteiger partial charge in [0, 0.05) is 25.4 Å². The van der Waals surface area contributed by atoms with Crippen molar-refractivity contribution < 1.29 is 0 Å². The molecule has 0 unspecified atom stereocenters. The van der Waals surface area contributed by atoms with Crippen LogP contribution >= 0.6 is 11.6 Å². The number of alkyl halides is 1. The fraction of sp³-hybridized carbons (Fsp3) is 0.500. The first-order chi connectivity index (χ1) is 8.76. The SMILES string of the molecule is CCN(C)CCn1c(CCCl)nc2ccccc21. The lowest BCUT2D eigenvalue weighted by Crippen LogP contribution is -2.23. The Morgan fingerprint density at radius 3 is 2.83 bits per heavy atom. The molecular formula is C14H20ClN3. The highest BCUT2D eigenvalue weighted by Gasteiger charge is 2.09. The first kappa shape index (κ1) is 13.4. The molecule has 1 aromatic heterocycles. The van der Waals surface area contributed by atoms with Gasteiger partial charge in [-0.1, -0.05) is 19.1 Å². The van der Waals surface area contributed by atoms with Crippen LogP contribution in [0.1, 0.15) is 12.7 Å². The lowest BCUT2D eigenvalue weighted by atomic mass is 10.3. The number of nitrogens with zero attached hydrogens (tertiary/aromatic N) is 3. The van der Waals surface area contributed by atoms with Crippen LogP contribution in [0.5, 0.6) is 0 Å². The van der Waals surface area contributed by atoms with Crippen molar-refractivity contribution in [2.45, 2.75) is 19.9 Å². The molecule has 98 valence electrons. The van der Waals surface area contributed by atoms with Gasteiger partial charge in [0.05, 0.1) is 11.0 Å². The maximum Gasteiger partial charge on any atom is 0.111 e. The third kappa shape index (κ3) is 2.85. The molecule has 1 heterocycles. The van der Waals surface area contributed by atoms with E-state index in [9.17, 15) is 0 Å². The molecule has 0 bridgehead atoms. The van der Waals surface area contributed by atoms with E-state index < -0.39 is 0 Å². The van der Waals surface area contributed by atoms with Crippen molar-refractivity contribution in [3.8, 4) is 0 Å². The van der Waals surface area contributed by atoms with Crippen LogP contribution in [0.15, 0.2) is 24.3 Å². The summed E-state index contributed by atoms with van der Waals surface area (Å²) in [5.41, 5.74) is 2.28. The van der Waals surface area contributed by atoms with Crippen LogP contribution < -0.4 is 0 Å². The molecule has 1 aromatic carbocycles. The third-order valence-electron chi connectivity index (χ3n) is 3.30. The third-order valence-corrected chi connectivity index (χ3v) is 3.49. The minimum Gasteiger partial charge on any atom is -0.327 e. The van der Waals surface area contributed by atoms with E-state index in [1.807, 2.05) is 6.07 Å². The number of fused-ring (bicyclic) bond motifs is 1. The minimum absolute atomic E-state index is 0.618.